The van der Waals surface area contributed by atoms with Crippen LogP contribution < -0.4 is 0 Å². The van der Waals surface area contributed by atoms with E-state index in [-0.39, 0.29) is 19.2 Å². The third-order valence-corrected chi connectivity index (χ3v) is 8.39. The van der Waals surface area contributed by atoms with Crippen LogP contribution in [0, 0.1) is 17.8 Å². The standard InChI is InChI=1S/C30H46O3/c1-3-5-6-8-23-10-12-25(13-11-23)26-14-16-27(17-15-26)28-19-18-24(9-7-20-31)29(21-28)22-33-30(32)4-2/h4,18-19,21,23,25-27,31H,2-3,5-17,20,22H2,1H3. The lowest BCUT2D eigenvalue weighted by molar-refractivity contribution is -0.139. The summed E-state index contributed by atoms with van der Waals surface area (Å²) >= 11 is 0. The summed E-state index contributed by atoms with van der Waals surface area (Å²) in [6.07, 6.45) is 19.6. The van der Waals surface area contributed by atoms with Crippen LogP contribution in [0.25, 0.3) is 0 Å². The lowest BCUT2D eigenvalue weighted by atomic mass is 9.68. The highest BCUT2D eigenvalue weighted by molar-refractivity contribution is 5.81. The predicted octanol–water partition coefficient (Wildman–Crippen LogP) is 7.50. The van der Waals surface area contributed by atoms with E-state index >= 15 is 0 Å². The SMILES string of the molecule is C=CC(=O)OCc1cc(C2CCC(C3CCC(CCCCC)CC3)CC2)ccc1CCCO. The molecule has 0 radical (unpaired) electrons. The first-order chi connectivity index (χ1) is 16.1. The zero-order chi connectivity index (χ0) is 23.5. The molecule has 0 spiro atoms. The van der Waals surface area contributed by atoms with E-state index in [1.807, 2.05) is 0 Å². The van der Waals surface area contributed by atoms with Crippen LogP contribution in [-0.4, -0.2) is 17.7 Å². The Morgan fingerprint density at radius 3 is 2.33 bits per heavy atom. The number of rotatable bonds is 12. The predicted molar refractivity (Wildman–Crippen MR) is 136 cm³/mol. The van der Waals surface area contributed by atoms with Crippen molar-refractivity contribution in [1.82, 2.24) is 0 Å². The Morgan fingerprint density at radius 1 is 1.00 bits per heavy atom. The summed E-state index contributed by atoms with van der Waals surface area (Å²) in [4.78, 5) is 11.6. The molecule has 0 bridgehead atoms. The van der Waals surface area contributed by atoms with E-state index < -0.39 is 0 Å². The number of hydrogen-bond acceptors (Lipinski definition) is 3. The van der Waals surface area contributed by atoms with Gasteiger partial charge in [-0.3, -0.25) is 0 Å². The van der Waals surface area contributed by atoms with E-state index in [9.17, 15) is 9.90 Å². The number of aliphatic hydroxyl groups is 1. The molecule has 1 N–H and O–H groups in total. The maximum Gasteiger partial charge on any atom is 0.330 e. The van der Waals surface area contributed by atoms with E-state index in [1.165, 1.54) is 94.3 Å². The third-order valence-electron chi connectivity index (χ3n) is 8.39. The summed E-state index contributed by atoms with van der Waals surface area (Å²) in [6, 6.07) is 6.72. The second kappa shape index (κ2) is 13.9. The van der Waals surface area contributed by atoms with Crippen LogP contribution in [0.5, 0.6) is 0 Å². The number of carbonyl (C=O) groups is 1. The van der Waals surface area contributed by atoms with Gasteiger partial charge in [-0.2, -0.15) is 0 Å². The number of benzene rings is 1. The molecule has 2 aliphatic carbocycles. The Kier molecular flexibility index (Phi) is 11.0. The number of esters is 1. The molecule has 3 rings (SSSR count). The van der Waals surface area contributed by atoms with Crippen LogP contribution >= 0.6 is 0 Å². The smallest absolute Gasteiger partial charge is 0.330 e. The molecule has 0 aromatic heterocycles. The summed E-state index contributed by atoms with van der Waals surface area (Å²) in [5.41, 5.74) is 3.65. The monoisotopic (exact) mass is 454 g/mol. The molecule has 2 fully saturated rings. The van der Waals surface area contributed by atoms with Crippen LogP contribution in [0.4, 0.5) is 0 Å². The average Bonchev–Trinajstić information content (AvgIpc) is 2.87. The molecule has 2 aliphatic rings. The summed E-state index contributed by atoms with van der Waals surface area (Å²) in [7, 11) is 0. The Hall–Kier alpha value is -1.61. The van der Waals surface area contributed by atoms with Crippen molar-refractivity contribution in [3.05, 3.63) is 47.5 Å². The highest BCUT2D eigenvalue weighted by atomic mass is 16.5. The van der Waals surface area contributed by atoms with E-state index in [0.29, 0.717) is 5.92 Å². The molecule has 1 aromatic rings. The van der Waals surface area contributed by atoms with E-state index in [1.54, 1.807) is 0 Å². The second-order valence-corrected chi connectivity index (χ2v) is 10.6. The molecule has 2 saturated carbocycles. The quantitative estimate of drug-likeness (QED) is 0.202. The topological polar surface area (TPSA) is 46.5 Å². The highest BCUT2D eigenvalue weighted by Crippen LogP contribution is 2.44. The van der Waals surface area contributed by atoms with Crippen LogP contribution in [0.3, 0.4) is 0 Å². The lowest BCUT2D eigenvalue weighted by Crippen LogP contribution is -2.25. The van der Waals surface area contributed by atoms with Gasteiger partial charge in [0, 0.05) is 12.7 Å². The van der Waals surface area contributed by atoms with Gasteiger partial charge in [-0.15, -0.1) is 0 Å². The van der Waals surface area contributed by atoms with E-state index in [4.69, 9.17) is 4.74 Å². The highest BCUT2D eigenvalue weighted by Gasteiger charge is 2.31. The van der Waals surface area contributed by atoms with E-state index in [0.717, 1.165) is 36.2 Å². The van der Waals surface area contributed by atoms with Crippen molar-refractivity contribution in [3.63, 3.8) is 0 Å². The third kappa shape index (κ3) is 7.98. The van der Waals surface area contributed by atoms with Gasteiger partial charge in [-0.1, -0.05) is 70.2 Å². The summed E-state index contributed by atoms with van der Waals surface area (Å²) in [6.45, 7) is 6.26. The number of unbranched alkanes of at least 4 members (excludes halogenated alkanes) is 2. The fourth-order valence-electron chi connectivity index (χ4n) is 6.31. The number of ether oxygens (including phenoxy) is 1. The molecule has 0 unspecified atom stereocenters. The molecule has 0 saturated heterocycles. The largest absolute Gasteiger partial charge is 0.458 e. The maximum atomic E-state index is 11.6. The second-order valence-electron chi connectivity index (χ2n) is 10.6. The molecule has 33 heavy (non-hydrogen) atoms. The molecule has 3 heteroatoms. The summed E-state index contributed by atoms with van der Waals surface area (Å²) in [5, 5.41) is 9.23. The Morgan fingerprint density at radius 2 is 1.70 bits per heavy atom. The zero-order valence-corrected chi connectivity index (χ0v) is 20.9. The summed E-state index contributed by atoms with van der Waals surface area (Å²) < 4.78 is 5.36. The van der Waals surface area contributed by atoms with Gasteiger partial charge < -0.3 is 9.84 Å². The van der Waals surface area contributed by atoms with Gasteiger partial charge in [0.2, 0.25) is 0 Å². The molecule has 0 heterocycles. The molecule has 0 amide bonds. The fourth-order valence-corrected chi connectivity index (χ4v) is 6.31. The van der Waals surface area contributed by atoms with Gasteiger partial charge >= 0.3 is 5.97 Å². The Bertz CT molecular complexity index is 724. The van der Waals surface area contributed by atoms with Crippen molar-refractivity contribution in [2.75, 3.05) is 6.61 Å². The summed E-state index contributed by atoms with van der Waals surface area (Å²) in [5.74, 6) is 3.13. The van der Waals surface area contributed by atoms with E-state index in [2.05, 4.69) is 31.7 Å². The van der Waals surface area contributed by atoms with Crippen molar-refractivity contribution < 1.29 is 14.6 Å². The first-order valence-electron chi connectivity index (χ1n) is 13.7. The minimum atomic E-state index is -0.380. The van der Waals surface area contributed by atoms with Crippen molar-refractivity contribution in [2.45, 2.75) is 109 Å². The average molecular weight is 455 g/mol. The van der Waals surface area contributed by atoms with Crippen molar-refractivity contribution in [3.8, 4) is 0 Å². The number of aryl methyl sites for hydroxylation is 1. The van der Waals surface area contributed by atoms with Gasteiger partial charge in [-0.05, 0) is 91.7 Å². The molecular formula is C30H46O3. The number of hydrogen-bond donors (Lipinski definition) is 1. The van der Waals surface area contributed by atoms with Gasteiger partial charge in [-0.25, -0.2) is 4.79 Å². The molecule has 184 valence electrons. The van der Waals surface area contributed by atoms with Gasteiger partial charge in [0.1, 0.15) is 6.61 Å². The molecule has 0 atom stereocenters. The Balaban J connectivity index is 1.52. The van der Waals surface area contributed by atoms with Crippen molar-refractivity contribution >= 4 is 5.97 Å². The van der Waals surface area contributed by atoms with Crippen molar-refractivity contribution in [1.29, 1.82) is 0 Å². The lowest BCUT2D eigenvalue weighted by Gasteiger charge is -2.38. The minimum absolute atomic E-state index is 0.179. The maximum absolute atomic E-state index is 11.6. The zero-order valence-electron chi connectivity index (χ0n) is 20.9. The van der Waals surface area contributed by atoms with Crippen LogP contribution in [0.1, 0.15) is 113 Å². The van der Waals surface area contributed by atoms with Gasteiger partial charge in [0.15, 0.2) is 0 Å². The van der Waals surface area contributed by atoms with Crippen LogP contribution in [0.2, 0.25) is 0 Å². The molecule has 3 nitrogen and oxygen atoms in total. The van der Waals surface area contributed by atoms with Crippen LogP contribution in [0.15, 0.2) is 30.9 Å². The molecule has 0 aliphatic heterocycles. The normalized spacial score (nSPS) is 25.5. The first-order valence-corrected chi connectivity index (χ1v) is 13.7. The van der Waals surface area contributed by atoms with Crippen molar-refractivity contribution in [2.24, 2.45) is 17.8 Å². The van der Waals surface area contributed by atoms with Crippen LogP contribution in [-0.2, 0) is 22.6 Å². The Labute approximate surface area is 202 Å². The number of aliphatic hydroxyl groups excluding tert-OH is 1. The fraction of sp³-hybridized carbons (Fsp3) is 0.700. The number of carbonyl (C=O) groups excluding carboxylic acids is 1. The molecular weight excluding hydrogens is 408 g/mol. The minimum Gasteiger partial charge on any atom is -0.458 e. The molecule has 1 aromatic carbocycles. The first kappa shape index (κ1) is 26.0. The van der Waals surface area contributed by atoms with Gasteiger partial charge in [0.05, 0.1) is 0 Å². The van der Waals surface area contributed by atoms with Gasteiger partial charge in [0.25, 0.3) is 0 Å².